The first-order chi connectivity index (χ1) is 12.0. The Kier molecular flexibility index (Phi) is 7.25. The summed E-state index contributed by atoms with van der Waals surface area (Å²) in [6.45, 7) is 2.33. The molecule has 0 saturated carbocycles. The fraction of sp³-hybridized carbons (Fsp3) is 0.444. The molecule has 5 nitrogen and oxygen atoms in total. The molecule has 0 atom stereocenters. The van der Waals surface area contributed by atoms with Crippen LogP contribution in [0.5, 0.6) is 5.75 Å². The minimum absolute atomic E-state index is 0.0817. The summed E-state index contributed by atoms with van der Waals surface area (Å²) >= 11 is 5.62. The number of benzene rings is 1. The van der Waals surface area contributed by atoms with Crippen LogP contribution in [0.2, 0.25) is 0 Å². The van der Waals surface area contributed by atoms with Gasteiger partial charge in [0, 0.05) is 25.0 Å². The van der Waals surface area contributed by atoms with Crippen molar-refractivity contribution in [3.8, 4) is 5.75 Å². The molecule has 0 aliphatic rings. The molecule has 0 radical (unpaired) electrons. The lowest BCUT2D eigenvalue weighted by molar-refractivity contribution is 0.0941. The maximum absolute atomic E-state index is 14.5. The summed E-state index contributed by atoms with van der Waals surface area (Å²) < 4.78 is 21.5. The molecule has 1 heterocycles. The van der Waals surface area contributed by atoms with E-state index in [2.05, 4.69) is 10.4 Å². The Balaban J connectivity index is 1.92. The minimum atomic E-state index is -0.443. The monoisotopic (exact) mass is 367 g/mol. The number of carbonyl (C=O) groups is 1. The lowest BCUT2D eigenvalue weighted by Gasteiger charge is -2.11. The van der Waals surface area contributed by atoms with Crippen LogP contribution in [0.25, 0.3) is 0 Å². The van der Waals surface area contributed by atoms with Gasteiger partial charge in [-0.25, -0.2) is 4.39 Å². The van der Waals surface area contributed by atoms with Crippen molar-refractivity contribution in [1.82, 2.24) is 15.1 Å². The summed E-state index contributed by atoms with van der Waals surface area (Å²) in [6, 6.07) is 6.62. The van der Waals surface area contributed by atoms with Gasteiger partial charge in [-0.1, -0.05) is 12.1 Å². The summed E-state index contributed by atoms with van der Waals surface area (Å²) in [7, 11) is 1.70. The summed E-state index contributed by atoms with van der Waals surface area (Å²) in [5.41, 5.74) is 1.57. The van der Waals surface area contributed by atoms with Crippen molar-refractivity contribution in [3.63, 3.8) is 0 Å². The van der Waals surface area contributed by atoms with E-state index in [1.807, 2.05) is 6.92 Å². The molecule has 0 bridgehead atoms. The van der Waals surface area contributed by atoms with E-state index in [0.717, 1.165) is 25.0 Å². The van der Waals surface area contributed by atoms with E-state index in [4.69, 9.17) is 16.3 Å². The van der Waals surface area contributed by atoms with Gasteiger partial charge in [0.25, 0.3) is 5.91 Å². The molecule has 136 valence electrons. The molecule has 0 spiro atoms. The molecule has 0 aliphatic heterocycles. The van der Waals surface area contributed by atoms with E-state index in [9.17, 15) is 9.18 Å². The van der Waals surface area contributed by atoms with Gasteiger partial charge in [-0.05, 0) is 38.3 Å². The zero-order chi connectivity index (χ0) is 18.2. The van der Waals surface area contributed by atoms with Crippen LogP contribution >= 0.6 is 11.6 Å². The number of unbranched alkanes of at least 4 members (excludes halogenated alkanes) is 2. The second-order valence-corrected chi connectivity index (χ2v) is 6.18. The van der Waals surface area contributed by atoms with Crippen molar-refractivity contribution in [2.75, 3.05) is 12.5 Å². The minimum Gasteiger partial charge on any atom is -0.491 e. The standard InChI is InChI=1S/C18H23ClFN3O2/c1-13-11-15(23(2)22-13)18(24)21-12-14-7-6-8-16(17(14)20)25-10-5-3-4-9-19/h6-8,11H,3-5,9-10,12H2,1-2H3,(H,21,24). The SMILES string of the molecule is Cc1cc(C(=O)NCc2cccc(OCCCCCCl)c2F)n(C)n1. The van der Waals surface area contributed by atoms with Crippen LogP contribution in [0, 0.1) is 12.7 Å². The highest BCUT2D eigenvalue weighted by Gasteiger charge is 2.14. The molecule has 2 aromatic rings. The predicted octanol–water partition coefficient (Wildman–Crippen LogP) is 3.59. The van der Waals surface area contributed by atoms with Gasteiger partial charge in [0.05, 0.1) is 12.3 Å². The van der Waals surface area contributed by atoms with Crippen molar-refractivity contribution in [3.05, 3.63) is 47.0 Å². The number of halogens is 2. The van der Waals surface area contributed by atoms with E-state index < -0.39 is 5.82 Å². The molecule has 2 rings (SSSR count). The van der Waals surface area contributed by atoms with E-state index in [-0.39, 0.29) is 18.2 Å². The van der Waals surface area contributed by atoms with Crippen LogP contribution < -0.4 is 10.1 Å². The van der Waals surface area contributed by atoms with Crippen molar-refractivity contribution in [1.29, 1.82) is 0 Å². The van der Waals surface area contributed by atoms with Gasteiger partial charge < -0.3 is 10.1 Å². The molecule has 1 aromatic carbocycles. The number of carbonyl (C=O) groups excluding carboxylic acids is 1. The predicted molar refractivity (Wildman–Crippen MR) is 95.6 cm³/mol. The zero-order valence-corrected chi connectivity index (χ0v) is 15.3. The van der Waals surface area contributed by atoms with Crippen molar-refractivity contribution < 1.29 is 13.9 Å². The van der Waals surface area contributed by atoms with E-state index in [1.165, 1.54) is 4.68 Å². The molecule has 0 unspecified atom stereocenters. The first kappa shape index (κ1) is 19.2. The van der Waals surface area contributed by atoms with Gasteiger partial charge in [0.15, 0.2) is 11.6 Å². The lowest BCUT2D eigenvalue weighted by atomic mass is 10.2. The van der Waals surface area contributed by atoms with Gasteiger partial charge in [0.2, 0.25) is 0 Å². The summed E-state index contributed by atoms with van der Waals surface area (Å²) in [5.74, 6) is 0.0879. The Hall–Kier alpha value is -2.08. The topological polar surface area (TPSA) is 56.1 Å². The van der Waals surface area contributed by atoms with E-state index in [1.54, 1.807) is 31.3 Å². The quantitative estimate of drug-likeness (QED) is 0.544. The number of nitrogens with one attached hydrogen (secondary N) is 1. The molecular formula is C18H23ClFN3O2. The molecule has 1 aromatic heterocycles. The normalized spacial score (nSPS) is 10.7. The Bertz CT molecular complexity index is 718. The number of aromatic nitrogens is 2. The number of aryl methyl sites for hydroxylation is 2. The van der Waals surface area contributed by atoms with E-state index in [0.29, 0.717) is 23.7 Å². The van der Waals surface area contributed by atoms with Crippen molar-refractivity contribution in [2.45, 2.75) is 32.7 Å². The Morgan fingerprint density at radius 2 is 2.16 bits per heavy atom. The van der Waals surface area contributed by atoms with Crippen LogP contribution in [0.15, 0.2) is 24.3 Å². The highest BCUT2D eigenvalue weighted by molar-refractivity contribution is 6.17. The highest BCUT2D eigenvalue weighted by atomic mass is 35.5. The molecule has 7 heteroatoms. The highest BCUT2D eigenvalue weighted by Crippen LogP contribution is 2.21. The number of nitrogens with zero attached hydrogens (tertiary/aromatic N) is 2. The first-order valence-corrected chi connectivity index (χ1v) is 8.81. The van der Waals surface area contributed by atoms with Crippen LogP contribution in [-0.4, -0.2) is 28.2 Å². The summed E-state index contributed by atoms with van der Waals surface area (Å²) in [5, 5.41) is 6.84. The second kappa shape index (κ2) is 9.42. The Morgan fingerprint density at radius 3 is 2.84 bits per heavy atom. The molecule has 0 fully saturated rings. The third-order valence-corrected chi connectivity index (χ3v) is 4.02. The summed E-state index contributed by atoms with van der Waals surface area (Å²) in [6.07, 6.45) is 2.70. The van der Waals surface area contributed by atoms with Crippen molar-refractivity contribution >= 4 is 17.5 Å². The van der Waals surface area contributed by atoms with Crippen LogP contribution in [-0.2, 0) is 13.6 Å². The second-order valence-electron chi connectivity index (χ2n) is 5.80. The number of hydrogen-bond donors (Lipinski definition) is 1. The zero-order valence-electron chi connectivity index (χ0n) is 14.5. The van der Waals surface area contributed by atoms with Gasteiger partial charge in [-0.2, -0.15) is 5.10 Å². The molecule has 1 N–H and O–H groups in total. The largest absolute Gasteiger partial charge is 0.491 e. The summed E-state index contributed by atoms with van der Waals surface area (Å²) in [4.78, 5) is 12.2. The number of alkyl halides is 1. The third kappa shape index (κ3) is 5.46. The number of hydrogen-bond acceptors (Lipinski definition) is 3. The van der Waals surface area contributed by atoms with Gasteiger partial charge in [-0.3, -0.25) is 9.48 Å². The molecule has 25 heavy (non-hydrogen) atoms. The van der Waals surface area contributed by atoms with Gasteiger partial charge >= 0.3 is 0 Å². The van der Waals surface area contributed by atoms with Gasteiger partial charge in [-0.15, -0.1) is 11.6 Å². The van der Waals surface area contributed by atoms with Crippen LogP contribution in [0.3, 0.4) is 0 Å². The number of rotatable bonds is 9. The molecule has 0 aliphatic carbocycles. The lowest BCUT2D eigenvalue weighted by Crippen LogP contribution is -2.25. The molecular weight excluding hydrogens is 345 g/mol. The molecule has 0 saturated heterocycles. The number of amides is 1. The average molecular weight is 368 g/mol. The van der Waals surface area contributed by atoms with Gasteiger partial charge in [0.1, 0.15) is 5.69 Å². The van der Waals surface area contributed by atoms with E-state index >= 15 is 0 Å². The van der Waals surface area contributed by atoms with Crippen LogP contribution in [0.4, 0.5) is 4.39 Å². The Morgan fingerprint density at radius 1 is 1.36 bits per heavy atom. The number of ether oxygens (including phenoxy) is 1. The maximum atomic E-state index is 14.5. The van der Waals surface area contributed by atoms with Crippen LogP contribution in [0.1, 0.15) is 41.0 Å². The average Bonchev–Trinajstić information content (AvgIpc) is 2.93. The third-order valence-electron chi connectivity index (χ3n) is 3.75. The fourth-order valence-corrected chi connectivity index (χ4v) is 2.64. The van der Waals surface area contributed by atoms with Crippen molar-refractivity contribution in [2.24, 2.45) is 7.05 Å². The Labute approximate surface area is 152 Å². The fourth-order valence-electron chi connectivity index (χ4n) is 2.45. The molecule has 1 amide bonds. The maximum Gasteiger partial charge on any atom is 0.269 e. The smallest absolute Gasteiger partial charge is 0.269 e. The first-order valence-electron chi connectivity index (χ1n) is 8.28.